The number of hydrogen-bond donors (Lipinski definition) is 0. The van der Waals surface area contributed by atoms with E-state index in [1.54, 1.807) is 0 Å². The zero-order valence-corrected chi connectivity index (χ0v) is 12.4. The average molecular weight is 324 g/mol. The third-order valence-electron chi connectivity index (χ3n) is 2.22. The van der Waals surface area contributed by atoms with Crippen molar-refractivity contribution in [1.82, 2.24) is 0 Å². The summed E-state index contributed by atoms with van der Waals surface area (Å²) in [6, 6.07) is 0. The van der Waals surface area contributed by atoms with Crippen LogP contribution in [-0.2, 0) is 9.53 Å². The number of hydrogen-bond acceptors (Lipinski definition) is 2. The largest absolute Gasteiger partial charge is 0.462 e. The van der Waals surface area contributed by atoms with Crippen LogP contribution in [0.25, 0.3) is 0 Å². The van der Waals surface area contributed by atoms with Gasteiger partial charge in [0.1, 0.15) is 6.10 Å². The van der Waals surface area contributed by atoms with Crippen molar-refractivity contribution < 1.29 is 9.53 Å². The van der Waals surface area contributed by atoms with E-state index in [9.17, 15) is 4.79 Å². The van der Waals surface area contributed by atoms with Crippen LogP contribution < -0.4 is 0 Å². The standard InChI is InChI=1S/C12H21IO2/c1-8(2)6-9(3)12(10(4)7-13)15-11(5)14/h6,9-10,12H,7H2,1-5H3/t9-,10-,12+/m0/s1. The van der Waals surface area contributed by atoms with E-state index >= 15 is 0 Å². The average Bonchev–Trinajstić information content (AvgIpc) is 2.11. The molecule has 0 amide bonds. The van der Waals surface area contributed by atoms with Gasteiger partial charge in [-0.3, -0.25) is 4.79 Å². The van der Waals surface area contributed by atoms with E-state index in [1.165, 1.54) is 12.5 Å². The quantitative estimate of drug-likeness (QED) is 0.334. The molecule has 0 spiro atoms. The van der Waals surface area contributed by atoms with Gasteiger partial charge in [-0.05, 0) is 13.8 Å². The normalized spacial score (nSPS) is 16.4. The molecule has 0 rings (SSSR count). The molecule has 0 aromatic rings. The fourth-order valence-electron chi connectivity index (χ4n) is 1.64. The van der Waals surface area contributed by atoms with Crippen molar-refractivity contribution in [2.24, 2.45) is 11.8 Å². The van der Waals surface area contributed by atoms with E-state index in [-0.39, 0.29) is 18.0 Å². The minimum atomic E-state index is -0.189. The summed E-state index contributed by atoms with van der Waals surface area (Å²) in [5, 5.41) is 0. The van der Waals surface area contributed by atoms with Gasteiger partial charge in [-0.15, -0.1) is 0 Å². The molecule has 0 aliphatic carbocycles. The lowest BCUT2D eigenvalue weighted by Gasteiger charge is -2.26. The summed E-state index contributed by atoms with van der Waals surface area (Å²) >= 11 is 2.33. The molecule has 0 aromatic carbocycles. The van der Waals surface area contributed by atoms with Crippen molar-refractivity contribution in [2.45, 2.75) is 40.7 Å². The van der Waals surface area contributed by atoms with Crippen molar-refractivity contribution in [3.05, 3.63) is 11.6 Å². The van der Waals surface area contributed by atoms with Crippen LogP contribution in [0.2, 0.25) is 0 Å². The van der Waals surface area contributed by atoms with E-state index in [2.05, 4.69) is 56.4 Å². The van der Waals surface area contributed by atoms with Crippen molar-refractivity contribution in [3.63, 3.8) is 0 Å². The summed E-state index contributed by atoms with van der Waals surface area (Å²) in [5.74, 6) is 0.481. The highest BCUT2D eigenvalue weighted by atomic mass is 127. The maximum atomic E-state index is 11.0. The first kappa shape index (κ1) is 14.9. The molecule has 0 bridgehead atoms. The number of esters is 1. The lowest BCUT2D eigenvalue weighted by atomic mass is 9.93. The van der Waals surface area contributed by atoms with Crippen LogP contribution in [0.4, 0.5) is 0 Å². The second-order valence-electron chi connectivity index (χ2n) is 4.31. The molecule has 0 aromatic heterocycles. The summed E-state index contributed by atoms with van der Waals surface area (Å²) in [6.07, 6.45) is 2.16. The topological polar surface area (TPSA) is 26.3 Å². The summed E-state index contributed by atoms with van der Waals surface area (Å²) in [6.45, 7) is 9.83. The van der Waals surface area contributed by atoms with Gasteiger partial charge in [0.2, 0.25) is 0 Å². The minimum absolute atomic E-state index is 0.00528. The lowest BCUT2D eigenvalue weighted by molar-refractivity contribution is -0.150. The molecule has 15 heavy (non-hydrogen) atoms. The van der Waals surface area contributed by atoms with Gasteiger partial charge in [-0.2, -0.15) is 0 Å². The predicted octanol–water partition coefficient (Wildman–Crippen LogP) is 3.59. The van der Waals surface area contributed by atoms with E-state index in [0.717, 1.165) is 4.43 Å². The Labute approximate surface area is 107 Å². The monoisotopic (exact) mass is 324 g/mol. The smallest absolute Gasteiger partial charge is 0.302 e. The fraction of sp³-hybridized carbons (Fsp3) is 0.750. The van der Waals surface area contributed by atoms with Crippen LogP contribution in [-0.4, -0.2) is 16.5 Å². The highest BCUT2D eigenvalue weighted by Crippen LogP contribution is 2.21. The first-order valence-electron chi connectivity index (χ1n) is 5.26. The first-order chi connectivity index (χ1) is 6.88. The molecule has 0 radical (unpaired) electrons. The summed E-state index contributed by atoms with van der Waals surface area (Å²) in [5.41, 5.74) is 1.26. The zero-order valence-electron chi connectivity index (χ0n) is 10.2. The molecule has 0 aliphatic rings. The van der Waals surface area contributed by atoms with E-state index < -0.39 is 0 Å². The van der Waals surface area contributed by atoms with Crippen LogP contribution >= 0.6 is 22.6 Å². The Bertz CT molecular complexity index is 232. The molecule has 0 fully saturated rings. The minimum Gasteiger partial charge on any atom is -0.462 e. The molecule has 0 N–H and O–H groups in total. The highest BCUT2D eigenvalue weighted by molar-refractivity contribution is 14.1. The maximum Gasteiger partial charge on any atom is 0.302 e. The third-order valence-corrected chi connectivity index (χ3v) is 3.61. The van der Waals surface area contributed by atoms with Crippen LogP contribution in [0.15, 0.2) is 11.6 Å². The highest BCUT2D eigenvalue weighted by Gasteiger charge is 2.24. The van der Waals surface area contributed by atoms with Gasteiger partial charge in [0.15, 0.2) is 0 Å². The molecule has 0 unspecified atom stereocenters. The van der Waals surface area contributed by atoms with Gasteiger partial charge < -0.3 is 4.74 Å². The maximum absolute atomic E-state index is 11.0. The Hall–Kier alpha value is -0.0600. The summed E-state index contributed by atoms with van der Waals surface area (Å²) in [7, 11) is 0. The van der Waals surface area contributed by atoms with Crippen molar-refractivity contribution in [2.75, 3.05) is 4.43 Å². The molecular formula is C12H21IO2. The number of carbonyl (C=O) groups excluding carboxylic acids is 1. The number of allylic oxidation sites excluding steroid dienone is 1. The molecule has 0 saturated carbocycles. The second-order valence-corrected chi connectivity index (χ2v) is 5.19. The van der Waals surface area contributed by atoms with Gasteiger partial charge in [0.05, 0.1) is 0 Å². The SMILES string of the molecule is CC(=O)O[C@H]([C@@H](C)C=C(C)C)[C@@H](C)CI. The molecule has 0 saturated heterocycles. The Kier molecular flexibility index (Phi) is 7.22. The molecule has 2 nitrogen and oxygen atoms in total. The summed E-state index contributed by atoms with van der Waals surface area (Å²) < 4.78 is 6.37. The number of ether oxygens (including phenoxy) is 1. The zero-order chi connectivity index (χ0) is 12.0. The number of carbonyl (C=O) groups is 1. The third kappa shape index (κ3) is 6.17. The van der Waals surface area contributed by atoms with E-state index in [4.69, 9.17) is 4.74 Å². The number of halogens is 1. The summed E-state index contributed by atoms with van der Waals surface area (Å²) in [4.78, 5) is 11.0. The Morgan fingerprint density at radius 2 is 1.87 bits per heavy atom. The molecule has 0 aliphatic heterocycles. The predicted molar refractivity (Wildman–Crippen MR) is 72.2 cm³/mol. The fourth-order valence-corrected chi connectivity index (χ4v) is 2.14. The van der Waals surface area contributed by atoms with Gasteiger partial charge in [0, 0.05) is 23.2 Å². The van der Waals surface area contributed by atoms with Crippen molar-refractivity contribution in [1.29, 1.82) is 0 Å². The second kappa shape index (κ2) is 7.25. The molecule has 0 heterocycles. The van der Waals surface area contributed by atoms with Gasteiger partial charge in [0.25, 0.3) is 0 Å². The lowest BCUT2D eigenvalue weighted by Crippen LogP contribution is -2.31. The van der Waals surface area contributed by atoms with E-state index in [1.807, 2.05) is 0 Å². The Balaban J connectivity index is 4.61. The molecule has 3 atom stereocenters. The van der Waals surface area contributed by atoms with Crippen LogP contribution in [0.1, 0.15) is 34.6 Å². The van der Waals surface area contributed by atoms with E-state index in [0.29, 0.717) is 5.92 Å². The van der Waals surface area contributed by atoms with Gasteiger partial charge in [-0.1, -0.05) is 48.1 Å². The van der Waals surface area contributed by atoms with Crippen LogP contribution in [0, 0.1) is 11.8 Å². The Morgan fingerprint density at radius 1 is 1.33 bits per heavy atom. The van der Waals surface area contributed by atoms with Crippen LogP contribution in [0.3, 0.4) is 0 Å². The first-order valence-corrected chi connectivity index (χ1v) is 6.79. The van der Waals surface area contributed by atoms with Crippen molar-refractivity contribution >= 4 is 28.6 Å². The van der Waals surface area contributed by atoms with Crippen LogP contribution in [0.5, 0.6) is 0 Å². The number of rotatable bonds is 5. The van der Waals surface area contributed by atoms with Gasteiger partial charge in [-0.25, -0.2) is 0 Å². The Morgan fingerprint density at radius 3 is 2.20 bits per heavy atom. The number of alkyl halides is 1. The molecule has 3 heteroatoms. The molecular weight excluding hydrogens is 303 g/mol. The van der Waals surface area contributed by atoms with Crippen molar-refractivity contribution in [3.8, 4) is 0 Å². The van der Waals surface area contributed by atoms with Gasteiger partial charge >= 0.3 is 5.97 Å². The molecule has 88 valence electrons.